The molecule has 1 aliphatic heterocycles. The zero-order chi connectivity index (χ0) is 15.7. The second kappa shape index (κ2) is 6.06. The maximum atomic E-state index is 13.0. The molecular formula is C14H26N4O2S. The van der Waals surface area contributed by atoms with Gasteiger partial charge in [-0.25, -0.2) is 8.42 Å². The minimum atomic E-state index is -3.47. The summed E-state index contributed by atoms with van der Waals surface area (Å²) in [5, 5.41) is 9.90. The number of nitrogens with one attached hydrogen (secondary N) is 2. The Balaban J connectivity index is 2.34. The van der Waals surface area contributed by atoms with E-state index >= 15 is 0 Å². The third-order valence-corrected chi connectivity index (χ3v) is 6.86. The standard InChI is InChI=1S/C14H26N4O2S/c1-5-14(6-2)7-8-18(10-14)21(19,20)13-11(3)16-17-12(13)9-15-4/h15H,5-10H2,1-4H3,(H,16,17). The molecular weight excluding hydrogens is 288 g/mol. The molecule has 7 heteroatoms. The van der Waals surface area contributed by atoms with Crippen LogP contribution in [-0.2, 0) is 16.6 Å². The molecule has 0 aliphatic carbocycles. The van der Waals surface area contributed by atoms with Crippen LogP contribution in [0, 0.1) is 12.3 Å². The van der Waals surface area contributed by atoms with Crippen LogP contribution in [-0.4, -0.2) is 43.1 Å². The van der Waals surface area contributed by atoms with Gasteiger partial charge in [-0.1, -0.05) is 13.8 Å². The summed E-state index contributed by atoms with van der Waals surface area (Å²) >= 11 is 0. The minimum absolute atomic E-state index is 0.133. The summed E-state index contributed by atoms with van der Waals surface area (Å²) in [6.07, 6.45) is 2.98. The van der Waals surface area contributed by atoms with Crippen LogP contribution in [0.4, 0.5) is 0 Å². The summed E-state index contributed by atoms with van der Waals surface area (Å²) in [7, 11) is -1.68. The number of aryl methyl sites for hydroxylation is 1. The highest BCUT2D eigenvalue weighted by molar-refractivity contribution is 7.89. The van der Waals surface area contributed by atoms with Gasteiger partial charge in [0, 0.05) is 19.6 Å². The van der Waals surface area contributed by atoms with E-state index in [2.05, 4.69) is 29.4 Å². The van der Waals surface area contributed by atoms with Crippen LogP contribution in [0.15, 0.2) is 4.90 Å². The molecule has 2 rings (SSSR count). The summed E-state index contributed by atoms with van der Waals surface area (Å²) in [5.41, 5.74) is 1.32. The SMILES string of the molecule is CCC1(CC)CCN(S(=O)(=O)c2c(CNC)n[nH]c2C)C1. The Morgan fingerprint density at radius 2 is 2.05 bits per heavy atom. The van der Waals surface area contributed by atoms with E-state index < -0.39 is 10.0 Å². The zero-order valence-corrected chi connectivity index (χ0v) is 14.2. The molecule has 2 N–H and O–H groups in total. The molecule has 21 heavy (non-hydrogen) atoms. The topological polar surface area (TPSA) is 78.1 Å². The minimum Gasteiger partial charge on any atom is -0.314 e. The van der Waals surface area contributed by atoms with E-state index in [1.54, 1.807) is 18.3 Å². The van der Waals surface area contributed by atoms with Gasteiger partial charge in [-0.3, -0.25) is 5.10 Å². The van der Waals surface area contributed by atoms with Gasteiger partial charge < -0.3 is 5.32 Å². The fourth-order valence-electron chi connectivity index (χ4n) is 3.15. The van der Waals surface area contributed by atoms with Gasteiger partial charge in [0.15, 0.2) is 0 Å². The van der Waals surface area contributed by atoms with Crippen molar-refractivity contribution in [2.45, 2.75) is 51.5 Å². The normalized spacial score (nSPS) is 19.2. The summed E-state index contributed by atoms with van der Waals surface area (Å²) in [5.74, 6) is 0. The van der Waals surface area contributed by atoms with Crippen LogP contribution >= 0.6 is 0 Å². The van der Waals surface area contributed by atoms with E-state index in [-0.39, 0.29) is 5.41 Å². The Kier molecular flexibility index (Phi) is 4.75. The summed E-state index contributed by atoms with van der Waals surface area (Å²) in [4.78, 5) is 0.347. The third kappa shape index (κ3) is 2.86. The summed E-state index contributed by atoms with van der Waals surface area (Å²) < 4.78 is 27.6. The number of aromatic nitrogens is 2. The molecule has 1 saturated heterocycles. The fourth-order valence-corrected chi connectivity index (χ4v) is 5.04. The second-order valence-electron chi connectivity index (χ2n) is 5.95. The Bertz CT molecular complexity index is 590. The molecule has 1 aromatic heterocycles. The molecule has 0 unspecified atom stereocenters. The summed E-state index contributed by atoms with van der Waals surface area (Å²) in [6, 6.07) is 0. The average molecular weight is 314 g/mol. The number of hydrogen-bond acceptors (Lipinski definition) is 4. The number of aromatic amines is 1. The highest BCUT2D eigenvalue weighted by Gasteiger charge is 2.42. The molecule has 1 aromatic rings. The largest absolute Gasteiger partial charge is 0.314 e. The van der Waals surface area contributed by atoms with Gasteiger partial charge in [0.1, 0.15) is 4.90 Å². The van der Waals surface area contributed by atoms with Crippen molar-refractivity contribution in [3.63, 3.8) is 0 Å². The molecule has 0 aromatic carbocycles. The molecule has 120 valence electrons. The van der Waals surface area contributed by atoms with Gasteiger partial charge in [-0.05, 0) is 38.6 Å². The number of rotatable bonds is 6. The van der Waals surface area contributed by atoms with Crippen molar-refractivity contribution in [3.05, 3.63) is 11.4 Å². The average Bonchev–Trinajstić information content (AvgIpc) is 3.05. The first kappa shape index (κ1) is 16.5. The Hall–Kier alpha value is -0.920. The van der Waals surface area contributed by atoms with Crippen molar-refractivity contribution in [3.8, 4) is 0 Å². The van der Waals surface area contributed by atoms with Crippen molar-refractivity contribution in [2.24, 2.45) is 5.41 Å². The molecule has 0 atom stereocenters. The van der Waals surface area contributed by atoms with Gasteiger partial charge in [-0.2, -0.15) is 9.40 Å². The number of sulfonamides is 1. The van der Waals surface area contributed by atoms with Crippen LogP contribution < -0.4 is 5.32 Å². The van der Waals surface area contributed by atoms with Gasteiger partial charge in [0.25, 0.3) is 0 Å². The van der Waals surface area contributed by atoms with E-state index in [1.165, 1.54) is 0 Å². The lowest BCUT2D eigenvalue weighted by atomic mass is 9.82. The third-order valence-electron chi connectivity index (χ3n) is 4.81. The quantitative estimate of drug-likeness (QED) is 0.837. The molecule has 0 bridgehead atoms. The fraction of sp³-hybridized carbons (Fsp3) is 0.786. The summed E-state index contributed by atoms with van der Waals surface area (Å²) in [6.45, 7) is 7.73. The van der Waals surface area contributed by atoms with Gasteiger partial charge in [-0.15, -0.1) is 0 Å². The highest BCUT2D eigenvalue weighted by atomic mass is 32.2. The van der Waals surface area contributed by atoms with Crippen LogP contribution in [0.5, 0.6) is 0 Å². The number of hydrogen-bond donors (Lipinski definition) is 2. The first-order valence-corrected chi connectivity index (χ1v) is 9.03. The maximum Gasteiger partial charge on any atom is 0.246 e. The molecule has 1 fully saturated rings. The monoisotopic (exact) mass is 314 g/mol. The van der Waals surface area contributed by atoms with Crippen LogP contribution in [0.1, 0.15) is 44.5 Å². The van der Waals surface area contributed by atoms with Gasteiger partial charge in [0.05, 0.1) is 11.4 Å². The van der Waals surface area contributed by atoms with E-state index in [4.69, 9.17) is 0 Å². The highest BCUT2D eigenvalue weighted by Crippen LogP contribution is 2.39. The molecule has 2 heterocycles. The molecule has 6 nitrogen and oxygen atoms in total. The number of H-pyrrole nitrogens is 1. The Morgan fingerprint density at radius 3 is 2.57 bits per heavy atom. The molecule has 0 radical (unpaired) electrons. The predicted molar refractivity (Wildman–Crippen MR) is 82.5 cm³/mol. The molecule has 0 spiro atoms. The lowest BCUT2D eigenvalue weighted by Crippen LogP contribution is -2.32. The maximum absolute atomic E-state index is 13.0. The van der Waals surface area contributed by atoms with Crippen molar-refractivity contribution < 1.29 is 8.42 Å². The number of nitrogens with zero attached hydrogens (tertiary/aromatic N) is 2. The second-order valence-corrected chi connectivity index (χ2v) is 7.83. The van der Waals surface area contributed by atoms with Crippen LogP contribution in [0.25, 0.3) is 0 Å². The van der Waals surface area contributed by atoms with Crippen molar-refractivity contribution in [1.29, 1.82) is 0 Å². The molecule has 1 aliphatic rings. The van der Waals surface area contributed by atoms with Crippen molar-refractivity contribution >= 4 is 10.0 Å². The predicted octanol–water partition coefficient (Wildman–Crippen LogP) is 1.64. The molecule has 0 amide bonds. The Labute approximate surface area is 127 Å². The van der Waals surface area contributed by atoms with Crippen molar-refractivity contribution in [1.82, 2.24) is 19.8 Å². The Morgan fingerprint density at radius 1 is 1.38 bits per heavy atom. The van der Waals surface area contributed by atoms with Crippen molar-refractivity contribution in [2.75, 3.05) is 20.1 Å². The van der Waals surface area contributed by atoms with Crippen LogP contribution in [0.3, 0.4) is 0 Å². The first-order valence-electron chi connectivity index (χ1n) is 7.59. The van der Waals surface area contributed by atoms with Gasteiger partial charge >= 0.3 is 0 Å². The lowest BCUT2D eigenvalue weighted by Gasteiger charge is -2.26. The lowest BCUT2D eigenvalue weighted by molar-refractivity contribution is 0.279. The zero-order valence-electron chi connectivity index (χ0n) is 13.4. The van der Waals surface area contributed by atoms with E-state index in [0.29, 0.717) is 35.9 Å². The van der Waals surface area contributed by atoms with Gasteiger partial charge in [0.2, 0.25) is 10.0 Å². The molecule has 0 saturated carbocycles. The van der Waals surface area contributed by atoms with E-state index in [9.17, 15) is 8.42 Å². The smallest absolute Gasteiger partial charge is 0.246 e. The van der Waals surface area contributed by atoms with Crippen LogP contribution in [0.2, 0.25) is 0 Å². The van der Waals surface area contributed by atoms with E-state index in [0.717, 1.165) is 19.3 Å². The van der Waals surface area contributed by atoms with E-state index in [1.807, 2.05) is 0 Å². The first-order chi connectivity index (χ1) is 9.90.